The summed E-state index contributed by atoms with van der Waals surface area (Å²) in [6.45, 7) is 6.21. The van der Waals surface area contributed by atoms with Crippen molar-refractivity contribution in [3.8, 4) is 23.0 Å². The quantitative estimate of drug-likeness (QED) is 0.387. The monoisotopic (exact) mass is 572 g/mol. The van der Waals surface area contributed by atoms with Gasteiger partial charge in [-0.05, 0) is 50.1 Å². The standard InChI is InChI=1S/C28H29ClN2O7S/c1-6-11-38-25-17(9-8-10-19(25)35-4)23-22(27(34)36-5)15(3)30-28-31(23)26(33)21(39-28)14-16-12-18(29)24(32)20(13-16)37-7-2/h8-10,12-14,23,32H,6-7,11H2,1-5H3/b21-14+/t23-/m0/s1. The van der Waals surface area contributed by atoms with Crippen LogP contribution in [0.3, 0.4) is 0 Å². The average Bonchev–Trinajstić information content (AvgIpc) is 3.22. The largest absolute Gasteiger partial charge is 0.503 e. The van der Waals surface area contributed by atoms with E-state index in [1.807, 2.05) is 6.92 Å². The number of methoxy groups -OCH3 is 2. The van der Waals surface area contributed by atoms with E-state index < -0.39 is 12.0 Å². The zero-order valence-corrected chi connectivity index (χ0v) is 23.8. The van der Waals surface area contributed by atoms with Crippen molar-refractivity contribution >= 4 is 35.0 Å². The van der Waals surface area contributed by atoms with Gasteiger partial charge in [0.25, 0.3) is 5.56 Å². The Kier molecular flexibility index (Phi) is 8.66. The van der Waals surface area contributed by atoms with Crippen LogP contribution in [0.4, 0.5) is 0 Å². The Morgan fingerprint density at radius 2 is 1.97 bits per heavy atom. The molecule has 11 heteroatoms. The van der Waals surface area contributed by atoms with Crippen LogP contribution in [0, 0.1) is 0 Å². The number of aromatic hydroxyl groups is 1. The summed E-state index contributed by atoms with van der Waals surface area (Å²) < 4.78 is 24.0. The van der Waals surface area contributed by atoms with Crippen molar-refractivity contribution < 1.29 is 28.8 Å². The number of hydrogen-bond donors (Lipinski definition) is 1. The number of benzene rings is 2. The number of carbonyl (C=O) groups excluding carboxylic acids is 1. The van der Waals surface area contributed by atoms with Crippen LogP contribution >= 0.6 is 22.9 Å². The Labute approximate surface area is 234 Å². The third-order valence-electron chi connectivity index (χ3n) is 6.05. The second-order valence-corrected chi connectivity index (χ2v) is 10.00. The number of aromatic nitrogens is 1. The number of nitrogens with zero attached hydrogens (tertiary/aromatic N) is 2. The van der Waals surface area contributed by atoms with Crippen molar-refractivity contribution in [2.45, 2.75) is 33.2 Å². The molecule has 0 fully saturated rings. The normalized spacial score (nSPS) is 15.0. The first-order chi connectivity index (χ1) is 18.7. The van der Waals surface area contributed by atoms with E-state index in [1.165, 1.54) is 30.1 Å². The summed E-state index contributed by atoms with van der Waals surface area (Å²) in [6.07, 6.45) is 2.39. The molecule has 206 valence electrons. The molecule has 0 amide bonds. The molecule has 0 spiro atoms. The van der Waals surface area contributed by atoms with Crippen molar-refractivity contribution in [1.82, 2.24) is 4.57 Å². The molecule has 1 aliphatic rings. The van der Waals surface area contributed by atoms with Gasteiger partial charge in [-0.1, -0.05) is 42.0 Å². The number of phenols is 1. The maximum Gasteiger partial charge on any atom is 0.338 e. The lowest BCUT2D eigenvalue weighted by Crippen LogP contribution is -2.40. The van der Waals surface area contributed by atoms with Gasteiger partial charge in [0.1, 0.15) is 6.04 Å². The third kappa shape index (κ3) is 5.39. The van der Waals surface area contributed by atoms with Gasteiger partial charge in [0, 0.05) is 5.56 Å². The minimum atomic E-state index is -0.875. The molecule has 0 bridgehead atoms. The van der Waals surface area contributed by atoms with Gasteiger partial charge >= 0.3 is 5.97 Å². The molecule has 0 radical (unpaired) electrons. The molecule has 1 N–H and O–H groups in total. The van der Waals surface area contributed by atoms with Gasteiger partial charge in [-0.3, -0.25) is 9.36 Å². The Hall–Kier alpha value is -3.76. The Morgan fingerprint density at radius 1 is 1.21 bits per heavy atom. The number of ether oxygens (including phenoxy) is 4. The molecule has 9 nitrogen and oxygen atoms in total. The first-order valence-electron chi connectivity index (χ1n) is 12.3. The number of allylic oxidation sites excluding steroid dienone is 1. The average molecular weight is 573 g/mol. The zero-order chi connectivity index (χ0) is 28.3. The van der Waals surface area contributed by atoms with Crippen LogP contribution in [-0.2, 0) is 9.53 Å². The highest BCUT2D eigenvalue weighted by molar-refractivity contribution is 7.07. The molecule has 0 aliphatic carbocycles. The third-order valence-corrected chi connectivity index (χ3v) is 7.32. The van der Waals surface area contributed by atoms with Crippen LogP contribution in [0.1, 0.15) is 44.4 Å². The Morgan fingerprint density at radius 3 is 2.64 bits per heavy atom. The minimum absolute atomic E-state index is 0.0933. The molecule has 3 aromatic rings. The van der Waals surface area contributed by atoms with Gasteiger partial charge in [0.05, 0.1) is 48.3 Å². The van der Waals surface area contributed by atoms with E-state index in [0.29, 0.717) is 50.9 Å². The highest BCUT2D eigenvalue weighted by Crippen LogP contribution is 2.41. The Bertz CT molecular complexity index is 1620. The molecule has 2 heterocycles. The molecule has 4 rings (SSSR count). The number of esters is 1. The number of halogens is 1. The lowest BCUT2D eigenvalue weighted by Gasteiger charge is -2.26. The number of rotatable bonds is 9. The summed E-state index contributed by atoms with van der Waals surface area (Å²) >= 11 is 7.38. The molecule has 0 saturated carbocycles. The van der Waals surface area contributed by atoms with Crippen molar-refractivity contribution in [3.63, 3.8) is 0 Å². The van der Waals surface area contributed by atoms with Crippen molar-refractivity contribution in [1.29, 1.82) is 0 Å². The summed E-state index contributed by atoms with van der Waals surface area (Å²) in [6, 6.07) is 7.60. The smallest absolute Gasteiger partial charge is 0.338 e. The number of fused-ring (bicyclic) bond motifs is 1. The van der Waals surface area contributed by atoms with Crippen LogP contribution in [0.5, 0.6) is 23.0 Å². The first-order valence-corrected chi connectivity index (χ1v) is 13.5. The minimum Gasteiger partial charge on any atom is -0.503 e. The SMILES string of the molecule is CCCOc1c(OC)cccc1[C@H]1C(C(=O)OC)=C(C)N=c2s/c(=C/c3cc(Cl)c(O)c(OCC)c3)c(=O)n21. The lowest BCUT2D eigenvalue weighted by molar-refractivity contribution is -0.136. The van der Waals surface area contributed by atoms with E-state index in [2.05, 4.69) is 4.99 Å². The predicted octanol–water partition coefficient (Wildman–Crippen LogP) is 3.96. The maximum atomic E-state index is 13.9. The molecule has 39 heavy (non-hydrogen) atoms. The summed E-state index contributed by atoms with van der Waals surface area (Å²) in [5, 5.41) is 10.3. The first kappa shape index (κ1) is 28.3. The van der Waals surface area contributed by atoms with Crippen LogP contribution < -0.4 is 29.1 Å². The van der Waals surface area contributed by atoms with Crippen molar-refractivity contribution in [3.05, 3.63) is 77.4 Å². The number of para-hydroxylation sites is 1. The van der Waals surface area contributed by atoms with Gasteiger partial charge in [0.2, 0.25) is 0 Å². The summed E-state index contributed by atoms with van der Waals surface area (Å²) in [5.74, 6) is 0.340. The van der Waals surface area contributed by atoms with Gasteiger partial charge in [-0.15, -0.1) is 0 Å². The summed E-state index contributed by atoms with van der Waals surface area (Å²) in [7, 11) is 2.82. The molecule has 1 atom stereocenters. The number of thiazole rings is 1. The highest BCUT2D eigenvalue weighted by Gasteiger charge is 2.35. The second-order valence-electron chi connectivity index (χ2n) is 8.58. The topological polar surface area (TPSA) is 109 Å². The van der Waals surface area contributed by atoms with Gasteiger partial charge in [0.15, 0.2) is 27.8 Å². The highest BCUT2D eigenvalue weighted by atomic mass is 35.5. The number of phenolic OH excluding ortho intramolecular Hbond substituents is 1. The molecular formula is C28H29ClN2O7S. The molecule has 0 unspecified atom stereocenters. The van der Waals surface area contributed by atoms with E-state index in [0.717, 1.165) is 6.42 Å². The fraction of sp³-hybridized carbons (Fsp3) is 0.321. The Balaban J connectivity index is 1.99. The van der Waals surface area contributed by atoms with E-state index in [4.69, 9.17) is 30.5 Å². The number of hydrogen-bond acceptors (Lipinski definition) is 9. The molecular weight excluding hydrogens is 544 g/mol. The number of carbonyl (C=O) groups is 1. The summed E-state index contributed by atoms with van der Waals surface area (Å²) in [4.78, 5) is 32.0. The van der Waals surface area contributed by atoms with E-state index in [9.17, 15) is 14.7 Å². The van der Waals surface area contributed by atoms with Crippen molar-refractivity contribution in [2.24, 2.45) is 4.99 Å². The van der Waals surface area contributed by atoms with E-state index in [-0.39, 0.29) is 27.7 Å². The fourth-order valence-electron chi connectivity index (χ4n) is 4.35. The predicted molar refractivity (Wildman–Crippen MR) is 149 cm³/mol. The van der Waals surface area contributed by atoms with Crippen LogP contribution in [0.2, 0.25) is 5.02 Å². The molecule has 1 aromatic heterocycles. The van der Waals surface area contributed by atoms with Crippen molar-refractivity contribution in [2.75, 3.05) is 27.4 Å². The zero-order valence-electron chi connectivity index (χ0n) is 22.2. The van der Waals surface area contributed by atoms with Gasteiger partial charge in [-0.2, -0.15) is 0 Å². The summed E-state index contributed by atoms with van der Waals surface area (Å²) in [5.41, 5.74) is 1.40. The fourth-order valence-corrected chi connectivity index (χ4v) is 5.61. The van der Waals surface area contributed by atoms with Crippen LogP contribution in [0.25, 0.3) is 6.08 Å². The van der Waals surface area contributed by atoms with E-state index in [1.54, 1.807) is 50.3 Å². The second kappa shape index (κ2) is 12.0. The maximum absolute atomic E-state index is 13.9. The van der Waals surface area contributed by atoms with E-state index >= 15 is 0 Å². The molecule has 1 aliphatic heterocycles. The van der Waals surface area contributed by atoms with Gasteiger partial charge < -0.3 is 24.1 Å². The van der Waals surface area contributed by atoms with Gasteiger partial charge in [-0.25, -0.2) is 9.79 Å². The molecule has 2 aromatic carbocycles. The van der Waals surface area contributed by atoms with Crippen LogP contribution in [-0.4, -0.2) is 43.1 Å². The van der Waals surface area contributed by atoms with Crippen LogP contribution in [0.15, 0.2) is 51.4 Å². The lowest BCUT2D eigenvalue weighted by atomic mass is 9.94. The molecule has 0 saturated heterocycles.